The highest BCUT2D eigenvalue weighted by atomic mass is 35.5. The molecule has 0 aromatic heterocycles. The van der Waals surface area contributed by atoms with E-state index in [4.69, 9.17) is 10.5 Å². The van der Waals surface area contributed by atoms with E-state index in [1.54, 1.807) is 0 Å². The standard InChI is InChI=1S/C10H11NO.ClH/c11-5-7-9-6-3-1-2-4-8(6)12-10(7)9;/h1-4,7,9-10H,5,11H2;1H. The average Bonchev–Trinajstić information content (AvgIpc) is 2.68. The van der Waals surface area contributed by atoms with E-state index in [2.05, 4.69) is 12.1 Å². The average molecular weight is 198 g/mol. The first-order valence-corrected chi connectivity index (χ1v) is 4.37. The minimum absolute atomic E-state index is 0. The normalized spacial score (nSPS) is 32.5. The molecule has 1 fully saturated rings. The molecular weight excluding hydrogens is 186 g/mol. The van der Waals surface area contributed by atoms with Gasteiger partial charge in [-0.1, -0.05) is 18.2 Å². The fraction of sp³-hybridized carbons (Fsp3) is 0.400. The van der Waals surface area contributed by atoms with E-state index in [-0.39, 0.29) is 12.4 Å². The largest absolute Gasteiger partial charge is 0.489 e. The predicted molar refractivity (Wildman–Crippen MR) is 53.4 cm³/mol. The van der Waals surface area contributed by atoms with Crippen LogP contribution in [0.5, 0.6) is 5.75 Å². The SMILES string of the molecule is Cl.NCC1C2Oc3ccccc3C12. The van der Waals surface area contributed by atoms with Crippen LogP contribution in [-0.4, -0.2) is 12.6 Å². The van der Waals surface area contributed by atoms with Crippen LogP contribution < -0.4 is 10.5 Å². The number of fused-ring (bicyclic) bond motifs is 3. The first-order chi connectivity index (χ1) is 5.92. The summed E-state index contributed by atoms with van der Waals surface area (Å²) in [6, 6.07) is 8.27. The zero-order valence-corrected chi connectivity index (χ0v) is 7.96. The zero-order chi connectivity index (χ0) is 8.13. The van der Waals surface area contributed by atoms with E-state index in [1.165, 1.54) is 5.56 Å². The Bertz CT molecular complexity index is 328. The summed E-state index contributed by atoms with van der Waals surface area (Å²) in [6.45, 7) is 0.754. The van der Waals surface area contributed by atoms with Crippen molar-refractivity contribution in [3.05, 3.63) is 29.8 Å². The Morgan fingerprint density at radius 3 is 2.85 bits per heavy atom. The Labute approximate surface area is 83.5 Å². The minimum atomic E-state index is 0. The number of para-hydroxylation sites is 1. The molecule has 1 aromatic rings. The molecule has 0 spiro atoms. The van der Waals surface area contributed by atoms with Crippen molar-refractivity contribution >= 4 is 12.4 Å². The molecule has 1 saturated carbocycles. The molecule has 1 aliphatic heterocycles. The lowest BCUT2D eigenvalue weighted by molar-refractivity contribution is 0.297. The van der Waals surface area contributed by atoms with Crippen LogP contribution >= 0.6 is 12.4 Å². The predicted octanol–water partition coefficient (Wildman–Crippen LogP) is 1.54. The van der Waals surface area contributed by atoms with Crippen molar-refractivity contribution in [2.45, 2.75) is 12.0 Å². The molecule has 0 saturated heterocycles. The lowest BCUT2D eigenvalue weighted by Crippen LogP contribution is -2.09. The van der Waals surface area contributed by atoms with E-state index < -0.39 is 0 Å². The third-order valence-corrected chi connectivity index (χ3v) is 2.91. The second-order valence-electron chi connectivity index (χ2n) is 3.55. The summed E-state index contributed by atoms with van der Waals surface area (Å²) in [7, 11) is 0. The molecule has 3 heteroatoms. The van der Waals surface area contributed by atoms with Crippen molar-refractivity contribution in [3.63, 3.8) is 0 Å². The maximum Gasteiger partial charge on any atom is 0.123 e. The van der Waals surface area contributed by atoms with Gasteiger partial charge in [0.2, 0.25) is 0 Å². The van der Waals surface area contributed by atoms with Gasteiger partial charge >= 0.3 is 0 Å². The van der Waals surface area contributed by atoms with Gasteiger partial charge in [0.15, 0.2) is 0 Å². The molecule has 1 aromatic carbocycles. The van der Waals surface area contributed by atoms with E-state index in [1.807, 2.05) is 12.1 Å². The van der Waals surface area contributed by atoms with Crippen LogP contribution in [-0.2, 0) is 0 Å². The fourth-order valence-corrected chi connectivity index (χ4v) is 2.20. The summed E-state index contributed by atoms with van der Waals surface area (Å²) < 4.78 is 5.70. The van der Waals surface area contributed by atoms with Crippen LogP contribution in [0.3, 0.4) is 0 Å². The van der Waals surface area contributed by atoms with E-state index in [9.17, 15) is 0 Å². The molecule has 3 rings (SSSR count). The summed E-state index contributed by atoms with van der Waals surface area (Å²) in [5.41, 5.74) is 6.96. The second-order valence-corrected chi connectivity index (χ2v) is 3.55. The molecule has 3 unspecified atom stereocenters. The lowest BCUT2D eigenvalue weighted by Gasteiger charge is -2.05. The molecule has 2 aliphatic rings. The highest BCUT2D eigenvalue weighted by molar-refractivity contribution is 5.85. The number of nitrogens with two attached hydrogens (primary N) is 1. The Kier molecular flexibility index (Phi) is 1.97. The number of ether oxygens (including phenoxy) is 1. The summed E-state index contributed by atoms with van der Waals surface area (Å²) >= 11 is 0. The fourth-order valence-electron chi connectivity index (χ4n) is 2.20. The molecular formula is C10H12ClNO. The first-order valence-electron chi connectivity index (χ1n) is 4.37. The Morgan fingerprint density at radius 1 is 1.31 bits per heavy atom. The molecule has 3 atom stereocenters. The third-order valence-electron chi connectivity index (χ3n) is 2.91. The number of halogens is 1. The van der Waals surface area contributed by atoms with Crippen molar-refractivity contribution in [2.24, 2.45) is 11.7 Å². The first kappa shape index (κ1) is 8.85. The number of hydrogen-bond donors (Lipinski definition) is 1. The van der Waals surface area contributed by atoms with Gasteiger partial charge in [0.1, 0.15) is 11.9 Å². The number of benzene rings is 1. The monoisotopic (exact) mass is 197 g/mol. The van der Waals surface area contributed by atoms with E-state index in [0.29, 0.717) is 17.9 Å². The van der Waals surface area contributed by atoms with E-state index >= 15 is 0 Å². The van der Waals surface area contributed by atoms with Gasteiger partial charge in [-0.2, -0.15) is 0 Å². The minimum Gasteiger partial charge on any atom is -0.489 e. The lowest BCUT2D eigenvalue weighted by atomic mass is 10.1. The van der Waals surface area contributed by atoms with Crippen LogP contribution in [0, 0.1) is 5.92 Å². The smallest absolute Gasteiger partial charge is 0.123 e. The second kappa shape index (κ2) is 2.89. The van der Waals surface area contributed by atoms with Crippen molar-refractivity contribution in [3.8, 4) is 5.75 Å². The molecule has 1 aliphatic carbocycles. The molecule has 2 nitrogen and oxygen atoms in total. The quantitative estimate of drug-likeness (QED) is 0.742. The van der Waals surface area contributed by atoms with Crippen LogP contribution in [0.1, 0.15) is 11.5 Å². The summed E-state index contributed by atoms with van der Waals surface area (Å²) in [5, 5.41) is 0. The van der Waals surface area contributed by atoms with Gasteiger partial charge in [-0.3, -0.25) is 0 Å². The van der Waals surface area contributed by atoms with Crippen molar-refractivity contribution in [2.75, 3.05) is 6.54 Å². The summed E-state index contributed by atoms with van der Waals surface area (Å²) in [6.07, 6.45) is 0.396. The molecule has 1 heterocycles. The Hall–Kier alpha value is -0.730. The summed E-state index contributed by atoms with van der Waals surface area (Å²) in [5.74, 6) is 2.25. The number of hydrogen-bond acceptors (Lipinski definition) is 2. The van der Waals surface area contributed by atoms with Crippen LogP contribution in [0.15, 0.2) is 24.3 Å². The Morgan fingerprint density at radius 2 is 2.08 bits per heavy atom. The van der Waals surface area contributed by atoms with Gasteiger partial charge < -0.3 is 10.5 Å². The van der Waals surface area contributed by atoms with Gasteiger partial charge in [0.25, 0.3) is 0 Å². The molecule has 70 valence electrons. The highest BCUT2D eigenvalue weighted by Crippen LogP contribution is 2.57. The van der Waals surface area contributed by atoms with Crippen LogP contribution in [0.4, 0.5) is 0 Å². The van der Waals surface area contributed by atoms with Gasteiger partial charge in [-0.05, 0) is 12.6 Å². The zero-order valence-electron chi connectivity index (χ0n) is 7.14. The van der Waals surface area contributed by atoms with E-state index in [0.717, 1.165) is 12.3 Å². The maximum absolute atomic E-state index is 5.70. The van der Waals surface area contributed by atoms with Gasteiger partial charge in [0.05, 0.1) is 0 Å². The molecule has 13 heavy (non-hydrogen) atoms. The van der Waals surface area contributed by atoms with Crippen LogP contribution in [0.2, 0.25) is 0 Å². The van der Waals surface area contributed by atoms with Crippen molar-refractivity contribution in [1.82, 2.24) is 0 Å². The highest BCUT2D eigenvalue weighted by Gasteiger charge is 2.57. The van der Waals surface area contributed by atoms with Gasteiger partial charge in [-0.25, -0.2) is 0 Å². The summed E-state index contributed by atoms with van der Waals surface area (Å²) in [4.78, 5) is 0. The van der Waals surface area contributed by atoms with Crippen LogP contribution in [0.25, 0.3) is 0 Å². The number of rotatable bonds is 1. The molecule has 0 bridgehead atoms. The van der Waals surface area contributed by atoms with Gasteiger partial charge in [0, 0.05) is 17.4 Å². The molecule has 2 N–H and O–H groups in total. The Balaban J connectivity index is 0.000000653. The van der Waals surface area contributed by atoms with Gasteiger partial charge in [-0.15, -0.1) is 12.4 Å². The molecule has 0 amide bonds. The maximum atomic E-state index is 5.70. The van der Waals surface area contributed by atoms with Crippen molar-refractivity contribution in [1.29, 1.82) is 0 Å². The topological polar surface area (TPSA) is 35.2 Å². The van der Waals surface area contributed by atoms with Crippen molar-refractivity contribution < 1.29 is 4.74 Å². The molecule has 0 radical (unpaired) electrons. The third kappa shape index (κ3) is 1.06.